The first-order valence-corrected chi connectivity index (χ1v) is 7.90. The molecule has 5 heteroatoms. The Morgan fingerprint density at radius 3 is 2.58 bits per heavy atom. The lowest BCUT2D eigenvalue weighted by Gasteiger charge is -2.18. The van der Waals surface area contributed by atoms with E-state index in [0.717, 1.165) is 5.56 Å². The lowest BCUT2D eigenvalue weighted by molar-refractivity contribution is 0.0785. The highest BCUT2D eigenvalue weighted by molar-refractivity contribution is 5.96. The molecule has 0 bridgehead atoms. The molecule has 1 amide bonds. The van der Waals surface area contributed by atoms with Crippen LogP contribution >= 0.6 is 12.4 Å². The number of nitrogens with zero attached hydrogens (tertiary/aromatic N) is 1. The number of nitrogens with two attached hydrogens (primary N) is 1. The molecule has 1 saturated heterocycles. The first-order chi connectivity index (χ1) is 11.1. The molecule has 0 spiro atoms. The molecule has 2 aromatic carbocycles. The number of carbonyl (C=O) groups excluding carboxylic acids is 1. The Morgan fingerprint density at radius 2 is 1.92 bits per heavy atom. The summed E-state index contributed by atoms with van der Waals surface area (Å²) in [7, 11) is 0. The largest absolute Gasteiger partial charge is 0.338 e. The zero-order valence-electron chi connectivity index (χ0n) is 13.6. The van der Waals surface area contributed by atoms with E-state index in [1.54, 1.807) is 11.0 Å². The van der Waals surface area contributed by atoms with Crippen LogP contribution < -0.4 is 5.73 Å². The number of likely N-dealkylation sites (tertiary alicyclic amines) is 1. The predicted octanol–water partition coefficient (Wildman–Crippen LogP) is 3.37. The van der Waals surface area contributed by atoms with Gasteiger partial charge in [0, 0.05) is 24.6 Å². The van der Waals surface area contributed by atoms with Crippen LogP contribution in [0.5, 0.6) is 0 Å². The van der Waals surface area contributed by atoms with Gasteiger partial charge in [-0.1, -0.05) is 36.4 Å². The number of benzene rings is 2. The SMILES string of the molecule is Cc1ccc(F)cc1C(=O)N1C[C@@H](CN)[C@H](c2ccccc2)C1.Cl. The van der Waals surface area contributed by atoms with Crippen LogP contribution in [0.1, 0.15) is 27.4 Å². The summed E-state index contributed by atoms with van der Waals surface area (Å²) in [5, 5.41) is 0. The van der Waals surface area contributed by atoms with Gasteiger partial charge in [0.05, 0.1) is 0 Å². The van der Waals surface area contributed by atoms with Crippen LogP contribution in [0.15, 0.2) is 48.5 Å². The molecule has 3 nitrogen and oxygen atoms in total. The standard InChI is InChI=1S/C19H21FN2O.ClH/c1-13-7-8-16(20)9-17(13)19(23)22-11-15(10-21)18(12-22)14-5-3-2-4-6-14;/h2-9,15,18H,10-12,21H2,1H3;1H/t15-,18+;/m1./s1. The predicted molar refractivity (Wildman–Crippen MR) is 96.0 cm³/mol. The van der Waals surface area contributed by atoms with Crippen LogP contribution in [0.2, 0.25) is 0 Å². The summed E-state index contributed by atoms with van der Waals surface area (Å²) in [4.78, 5) is 14.6. The molecular formula is C19H22ClFN2O. The number of amides is 1. The Hall–Kier alpha value is -1.91. The lowest BCUT2D eigenvalue weighted by Crippen LogP contribution is -2.30. The lowest BCUT2D eigenvalue weighted by atomic mass is 9.89. The average molecular weight is 349 g/mol. The monoisotopic (exact) mass is 348 g/mol. The second kappa shape index (κ2) is 7.77. The second-order valence-electron chi connectivity index (χ2n) is 6.18. The number of hydrogen-bond donors (Lipinski definition) is 1. The van der Waals surface area contributed by atoms with E-state index in [4.69, 9.17) is 5.73 Å². The van der Waals surface area contributed by atoms with Gasteiger partial charge in [-0.2, -0.15) is 0 Å². The van der Waals surface area contributed by atoms with Gasteiger partial charge in [-0.25, -0.2) is 4.39 Å². The molecule has 0 aromatic heterocycles. The van der Waals surface area contributed by atoms with Gasteiger partial charge in [0.2, 0.25) is 0 Å². The van der Waals surface area contributed by atoms with Gasteiger partial charge in [-0.05, 0) is 42.6 Å². The van der Waals surface area contributed by atoms with E-state index in [2.05, 4.69) is 12.1 Å². The average Bonchev–Trinajstić information content (AvgIpc) is 3.01. The summed E-state index contributed by atoms with van der Waals surface area (Å²) < 4.78 is 13.5. The molecule has 1 heterocycles. The first kappa shape index (κ1) is 18.4. The quantitative estimate of drug-likeness (QED) is 0.924. The summed E-state index contributed by atoms with van der Waals surface area (Å²) in [6.07, 6.45) is 0. The Labute approximate surface area is 148 Å². The van der Waals surface area contributed by atoms with Crippen molar-refractivity contribution in [1.29, 1.82) is 0 Å². The molecule has 0 radical (unpaired) electrons. The third-order valence-corrected chi connectivity index (χ3v) is 4.69. The van der Waals surface area contributed by atoms with E-state index in [-0.39, 0.29) is 36.0 Å². The van der Waals surface area contributed by atoms with Crippen LogP contribution in [0.25, 0.3) is 0 Å². The van der Waals surface area contributed by atoms with Gasteiger partial charge in [-0.15, -0.1) is 12.4 Å². The van der Waals surface area contributed by atoms with E-state index in [0.29, 0.717) is 25.2 Å². The van der Waals surface area contributed by atoms with Gasteiger partial charge >= 0.3 is 0 Å². The van der Waals surface area contributed by atoms with Crippen molar-refractivity contribution < 1.29 is 9.18 Å². The summed E-state index contributed by atoms with van der Waals surface area (Å²) in [6, 6.07) is 14.5. The molecule has 2 atom stereocenters. The molecule has 0 saturated carbocycles. The van der Waals surface area contributed by atoms with Crippen LogP contribution in [-0.4, -0.2) is 30.4 Å². The fourth-order valence-electron chi connectivity index (χ4n) is 3.35. The second-order valence-corrected chi connectivity index (χ2v) is 6.18. The fourth-order valence-corrected chi connectivity index (χ4v) is 3.35. The normalized spacial score (nSPS) is 19.9. The number of halogens is 2. The van der Waals surface area contributed by atoms with Crippen molar-refractivity contribution in [2.24, 2.45) is 11.7 Å². The van der Waals surface area contributed by atoms with Crippen molar-refractivity contribution in [1.82, 2.24) is 4.90 Å². The van der Waals surface area contributed by atoms with Crippen LogP contribution in [0.3, 0.4) is 0 Å². The summed E-state index contributed by atoms with van der Waals surface area (Å²) in [5.41, 5.74) is 8.36. The van der Waals surface area contributed by atoms with E-state index in [1.807, 2.05) is 25.1 Å². The fraction of sp³-hybridized carbons (Fsp3) is 0.316. The molecule has 128 valence electrons. The topological polar surface area (TPSA) is 46.3 Å². The first-order valence-electron chi connectivity index (χ1n) is 7.90. The van der Waals surface area contributed by atoms with Gasteiger partial charge in [0.25, 0.3) is 5.91 Å². The summed E-state index contributed by atoms with van der Waals surface area (Å²) in [6.45, 7) is 3.61. The van der Waals surface area contributed by atoms with Gasteiger partial charge in [0.1, 0.15) is 5.82 Å². The van der Waals surface area contributed by atoms with Crippen molar-refractivity contribution in [2.45, 2.75) is 12.8 Å². The van der Waals surface area contributed by atoms with Gasteiger partial charge in [0.15, 0.2) is 0 Å². The van der Waals surface area contributed by atoms with Crippen molar-refractivity contribution in [3.05, 3.63) is 71.0 Å². The number of hydrogen-bond acceptors (Lipinski definition) is 2. The Balaban J connectivity index is 0.00000208. The third kappa shape index (κ3) is 3.60. The van der Waals surface area contributed by atoms with Gasteiger partial charge in [-0.3, -0.25) is 4.79 Å². The van der Waals surface area contributed by atoms with E-state index in [1.165, 1.54) is 17.7 Å². The minimum atomic E-state index is -0.381. The highest BCUT2D eigenvalue weighted by atomic mass is 35.5. The smallest absolute Gasteiger partial charge is 0.254 e. The molecule has 2 aromatic rings. The molecule has 24 heavy (non-hydrogen) atoms. The Morgan fingerprint density at radius 1 is 1.21 bits per heavy atom. The van der Waals surface area contributed by atoms with Crippen LogP contribution in [0.4, 0.5) is 4.39 Å². The molecule has 1 fully saturated rings. The summed E-state index contributed by atoms with van der Waals surface area (Å²) >= 11 is 0. The molecular weight excluding hydrogens is 327 g/mol. The van der Waals surface area contributed by atoms with Crippen LogP contribution in [0, 0.1) is 18.7 Å². The van der Waals surface area contributed by atoms with Crippen molar-refractivity contribution in [3.8, 4) is 0 Å². The van der Waals surface area contributed by atoms with Crippen molar-refractivity contribution in [3.63, 3.8) is 0 Å². The maximum atomic E-state index is 13.5. The number of rotatable bonds is 3. The molecule has 3 rings (SSSR count). The van der Waals surface area contributed by atoms with Crippen molar-refractivity contribution in [2.75, 3.05) is 19.6 Å². The van der Waals surface area contributed by atoms with Crippen molar-refractivity contribution >= 4 is 18.3 Å². The molecule has 1 aliphatic heterocycles. The Kier molecular flexibility index (Phi) is 5.97. The zero-order valence-corrected chi connectivity index (χ0v) is 14.4. The Bertz CT molecular complexity index is 708. The molecule has 2 N–H and O–H groups in total. The zero-order chi connectivity index (χ0) is 16.4. The minimum absolute atomic E-state index is 0. The van der Waals surface area contributed by atoms with E-state index in [9.17, 15) is 9.18 Å². The maximum Gasteiger partial charge on any atom is 0.254 e. The molecule has 0 unspecified atom stereocenters. The molecule has 1 aliphatic rings. The third-order valence-electron chi connectivity index (χ3n) is 4.69. The van der Waals surface area contributed by atoms with Gasteiger partial charge < -0.3 is 10.6 Å². The summed E-state index contributed by atoms with van der Waals surface area (Å²) in [5.74, 6) is -0.0266. The van der Waals surface area contributed by atoms with E-state index >= 15 is 0 Å². The highest BCUT2D eigenvalue weighted by Gasteiger charge is 2.35. The van der Waals surface area contributed by atoms with Crippen LogP contribution in [-0.2, 0) is 0 Å². The highest BCUT2D eigenvalue weighted by Crippen LogP contribution is 2.33. The molecule has 0 aliphatic carbocycles. The minimum Gasteiger partial charge on any atom is -0.338 e. The number of carbonyl (C=O) groups is 1. The number of aryl methyl sites for hydroxylation is 1. The maximum absolute atomic E-state index is 13.5. The van der Waals surface area contributed by atoms with E-state index < -0.39 is 0 Å².